The van der Waals surface area contributed by atoms with Crippen molar-refractivity contribution in [1.29, 1.82) is 0 Å². The van der Waals surface area contributed by atoms with Gasteiger partial charge in [0.25, 0.3) is 10.2 Å². The van der Waals surface area contributed by atoms with E-state index in [1.807, 2.05) is 22.6 Å². The molecule has 0 saturated heterocycles. The summed E-state index contributed by atoms with van der Waals surface area (Å²) in [5.74, 6) is -2.59. The van der Waals surface area contributed by atoms with Crippen molar-refractivity contribution in [3.05, 3.63) is 75.6 Å². The van der Waals surface area contributed by atoms with Crippen LogP contribution in [0.1, 0.15) is 0 Å². The molecular weight excluding hydrogens is 616 g/mol. The van der Waals surface area contributed by atoms with Crippen LogP contribution < -0.4 is 29.6 Å². The maximum Gasteiger partial charge on any atom is 0.412 e. The van der Waals surface area contributed by atoms with E-state index < -0.39 is 39.4 Å². The SMILES string of the molecule is COc1ccc(OC(=O)NCCNS(=O)(=O)Nc2ccc(F)c(F)c2Nc2ccc(I)cc2F)cc1. The minimum atomic E-state index is -4.29. The van der Waals surface area contributed by atoms with E-state index in [-0.39, 0.29) is 30.2 Å². The number of ether oxygens (including phenoxy) is 2. The Hall–Kier alpha value is -3.24. The first-order chi connectivity index (χ1) is 17.1. The van der Waals surface area contributed by atoms with Crippen molar-refractivity contribution < 1.29 is 35.9 Å². The van der Waals surface area contributed by atoms with Gasteiger partial charge in [-0.2, -0.15) is 13.1 Å². The maximum atomic E-state index is 14.5. The first-order valence-electron chi connectivity index (χ1n) is 10.1. The number of hydrogen-bond acceptors (Lipinski definition) is 6. The van der Waals surface area contributed by atoms with Gasteiger partial charge in [0.05, 0.1) is 18.5 Å². The molecule has 0 saturated carbocycles. The van der Waals surface area contributed by atoms with Crippen LogP contribution in [-0.2, 0) is 10.2 Å². The summed E-state index contributed by atoms with van der Waals surface area (Å²) in [7, 11) is -2.80. The van der Waals surface area contributed by atoms with Gasteiger partial charge in [-0.05, 0) is 77.2 Å². The van der Waals surface area contributed by atoms with E-state index in [1.165, 1.54) is 31.4 Å². The highest BCUT2D eigenvalue weighted by molar-refractivity contribution is 14.1. The Kier molecular flexibility index (Phi) is 9.22. The molecule has 1 amide bonds. The maximum absolute atomic E-state index is 14.5. The molecular formula is C22H20F3IN4O5S. The Balaban J connectivity index is 1.59. The number of carbonyl (C=O) groups excluding carboxylic acids is 1. The van der Waals surface area contributed by atoms with Gasteiger partial charge in [0, 0.05) is 16.7 Å². The number of benzene rings is 3. The Labute approximate surface area is 218 Å². The van der Waals surface area contributed by atoms with Gasteiger partial charge in [0.15, 0.2) is 11.6 Å². The van der Waals surface area contributed by atoms with Gasteiger partial charge < -0.3 is 20.1 Å². The molecule has 0 spiro atoms. The van der Waals surface area contributed by atoms with E-state index in [0.717, 1.165) is 18.2 Å². The molecule has 36 heavy (non-hydrogen) atoms. The first kappa shape index (κ1) is 27.3. The number of nitrogens with one attached hydrogen (secondary N) is 4. The largest absolute Gasteiger partial charge is 0.497 e. The molecule has 3 aromatic carbocycles. The minimum absolute atomic E-state index is 0.146. The van der Waals surface area contributed by atoms with E-state index in [2.05, 4.69) is 20.1 Å². The molecule has 0 bridgehead atoms. The van der Waals surface area contributed by atoms with Crippen molar-refractivity contribution >= 4 is 56.0 Å². The van der Waals surface area contributed by atoms with Crippen molar-refractivity contribution in [1.82, 2.24) is 10.0 Å². The topological polar surface area (TPSA) is 118 Å². The van der Waals surface area contributed by atoms with Crippen LogP contribution in [-0.4, -0.2) is 34.7 Å². The fourth-order valence-corrected chi connectivity index (χ4v) is 4.16. The fraction of sp³-hybridized carbons (Fsp3) is 0.136. The van der Waals surface area contributed by atoms with Crippen LogP contribution in [0.5, 0.6) is 11.5 Å². The molecule has 3 rings (SSSR count). The minimum Gasteiger partial charge on any atom is -0.497 e. The Morgan fingerprint density at radius 1 is 0.917 bits per heavy atom. The van der Waals surface area contributed by atoms with Crippen molar-refractivity contribution in [2.75, 3.05) is 30.2 Å². The smallest absolute Gasteiger partial charge is 0.412 e. The number of anilines is 3. The fourth-order valence-electron chi connectivity index (χ4n) is 2.80. The van der Waals surface area contributed by atoms with E-state index in [0.29, 0.717) is 9.32 Å². The number of rotatable bonds is 10. The van der Waals surface area contributed by atoms with E-state index in [1.54, 1.807) is 12.1 Å². The summed E-state index contributed by atoms with van der Waals surface area (Å²) in [6.45, 7) is -0.405. The number of amides is 1. The Bertz CT molecular complexity index is 1340. The second-order valence-electron chi connectivity index (χ2n) is 7.02. The molecule has 0 aliphatic carbocycles. The third kappa shape index (κ3) is 7.63. The standard InChI is InChI=1S/C22H20F3IN4O5S/c1-34-14-3-5-15(6-4-14)35-22(31)27-10-11-28-36(32,33)30-19-9-7-16(23)20(25)21(19)29-18-8-2-13(26)12-17(18)24/h2-9,12,28-30H,10-11H2,1H3,(H,27,31). The molecule has 192 valence electrons. The predicted octanol–water partition coefficient (Wildman–Crippen LogP) is 4.50. The van der Waals surface area contributed by atoms with Crippen molar-refractivity contribution in [2.45, 2.75) is 0 Å². The summed E-state index contributed by atoms with van der Waals surface area (Å²) in [6.07, 6.45) is -0.820. The average Bonchev–Trinajstić information content (AvgIpc) is 2.83. The summed E-state index contributed by atoms with van der Waals surface area (Å²) >= 11 is 1.88. The highest BCUT2D eigenvalue weighted by atomic mass is 127. The van der Waals surface area contributed by atoms with Gasteiger partial charge in [0.1, 0.15) is 23.0 Å². The lowest BCUT2D eigenvalue weighted by Gasteiger charge is -2.16. The molecule has 0 radical (unpaired) electrons. The average molecular weight is 636 g/mol. The molecule has 0 unspecified atom stereocenters. The Morgan fingerprint density at radius 3 is 2.25 bits per heavy atom. The third-order valence-electron chi connectivity index (χ3n) is 4.49. The summed E-state index contributed by atoms with van der Waals surface area (Å²) in [5, 5.41) is 4.74. The van der Waals surface area contributed by atoms with E-state index in [9.17, 15) is 26.4 Å². The van der Waals surface area contributed by atoms with Crippen LogP contribution in [0.2, 0.25) is 0 Å². The molecule has 0 aliphatic rings. The van der Waals surface area contributed by atoms with Gasteiger partial charge >= 0.3 is 6.09 Å². The molecule has 9 nitrogen and oxygen atoms in total. The van der Waals surface area contributed by atoms with E-state index in [4.69, 9.17) is 9.47 Å². The third-order valence-corrected chi connectivity index (χ3v) is 6.23. The zero-order valence-electron chi connectivity index (χ0n) is 18.6. The number of methoxy groups -OCH3 is 1. The summed E-state index contributed by atoms with van der Waals surface area (Å²) in [6, 6.07) is 11.9. The zero-order chi connectivity index (χ0) is 26.3. The molecule has 0 atom stereocenters. The number of halogens is 4. The summed E-state index contributed by atoms with van der Waals surface area (Å²) in [4.78, 5) is 11.8. The van der Waals surface area contributed by atoms with Gasteiger partial charge in [-0.15, -0.1) is 0 Å². The van der Waals surface area contributed by atoms with Gasteiger partial charge in [-0.1, -0.05) is 0 Å². The van der Waals surface area contributed by atoms with Gasteiger partial charge in [-0.25, -0.2) is 18.0 Å². The van der Waals surface area contributed by atoms with Crippen LogP contribution in [0, 0.1) is 21.0 Å². The van der Waals surface area contributed by atoms with Crippen LogP contribution in [0.15, 0.2) is 54.6 Å². The highest BCUT2D eigenvalue weighted by Crippen LogP contribution is 2.32. The molecule has 3 aromatic rings. The van der Waals surface area contributed by atoms with Crippen LogP contribution in [0.4, 0.5) is 35.0 Å². The lowest BCUT2D eigenvalue weighted by molar-refractivity contribution is 0.200. The Morgan fingerprint density at radius 2 is 1.58 bits per heavy atom. The van der Waals surface area contributed by atoms with Gasteiger partial charge in [0.2, 0.25) is 0 Å². The molecule has 0 aliphatic heterocycles. The molecule has 14 heteroatoms. The predicted molar refractivity (Wildman–Crippen MR) is 136 cm³/mol. The van der Waals surface area contributed by atoms with Crippen LogP contribution in [0.3, 0.4) is 0 Å². The monoisotopic (exact) mass is 636 g/mol. The molecule has 0 heterocycles. The van der Waals surface area contributed by atoms with Crippen LogP contribution >= 0.6 is 22.6 Å². The number of hydrogen-bond donors (Lipinski definition) is 4. The molecule has 0 fully saturated rings. The van der Waals surface area contributed by atoms with Crippen LogP contribution in [0.25, 0.3) is 0 Å². The zero-order valence-corrected chi connectivity index (χ0v) is 21.5. The lowest BCUT2D eigenvalue weighted by Crippen LogP contribution is -2.38. The lowest BCUT2D eigenvalue weighted by atomic mass is 10.2. The highest BCUT2D eigenvalue weighted by Gasteiger charge is 2.19. The summed E-state index contributed by atoms with van der Waals surface area (Å²) < 4.78 is 82.1. The van der Waals surface area contributed by atoms with Crippen molar-refractivity contribution in [3.8, 4) is 11.5 Å². The van der Waals surface area contributed by atoms with Crippen molar-refractivity contribution in [3.63, 3.8) is 0 Å². The quantitative estimate of drug-likeness (QED) is 0.193. The van der Waals surface area contributed by atoms with Crippen molar-refractivity contribution in [2.24, 2.45) is 0 Å². The normalized spacial score (nSPS) is 11.0. The second kappa shape index (κ2) is 12.1. The van der Waals surface area contributed by atoms with Gasteiger partial charge in [-0.3, -0.25) is 4.72 Å². The first-order valence-corrected chi connectivity index (χ1v) is 12.7. The molecule has 0 aromatic heterocycles. The van der Waals surface area contributed by atoms with E-state index >= 15 is 0 Å². The number of carbonyl (C=O) groups is 1. The molecule has 4 N–H and O–H groups in total. The summed E-state index contributed by atoms with van der Waals surface area (Å²) in [5.41, 5.74) is -1.17. The second-order valence-corrected chi connectivity index (χ2v) is 9.77.